The van der Waals surface area contributed by atoms with Crippen molar-refractivity contribution in [2.75, 3.05) is 48.4 Å². The Balaban J connectivity index is 1.20. The van der Waals surface area contributed by atoms with E-state index in [1.54, 1.807) is 0 Å². The molecule has 9 nitrogen and oxygen atoms in total. The van der Waals surface area contributed by atoms with Crippen LogP contribution in [0, 0.1) is 0 Å². The predicted molar refractivity (Wildman–Crippen MR) is 142 cm³/mol. The number of hydrogen-bond donors (Lipinski definition) is 1. The first kappa shape index (κ1) is 24.3. The Labute approximate surface area is 213 Å². The highest BCUT2D eigenvalue weighted by atomic mass is 32.2. The fourth-order valence-corrected chi connectivity index (χ4v) is 5.53. The molecule has 1 amide bonds. The molecule has 4 aromatic rings. The molecule has 1 aliphatic rings. The molecular weight excluding hydrogens is 498 g/mol. The van der Waals surface area contributed by atoms with Gasteiger partial charge >= 0.3 is 0 Å². The molecule has 3 aromatic carbocycles. The number of anilines is 2. The van der Waals surface area contributed by atoms with Crippen LogP contribution in [-0.2, 0) is 14.8 Å². The Hall–Kier alpha value is -3.41. The Morgan fingerprint density at radius 1 is 0.972 bits per heavy atom. The normalized spacial score (nSPS) is 14.8. The van der Waals surface area contributed by atoms with Gasteiger partial charge in [-0.3, -0.25) is 4.79 Å². The molecule has 0 saturated carbocycles. The summed E-state index contributed by atoms with van der Waals surface area (Å²) in [6.45, 7) is 1.92. The number of para-hydroxylation sites is 2. The molecule has 1 N–H and O–H groups in total. The number of benzene rings is 3. The van der Waals surface area contributed by atoms with Crippen molar-refractivity contribution in [3.05, 3.63) is 66.7 Å². The molecule has 1 aromatic heterocycles. The van der Waals surface area contributed by atoms with Crippen LogP contribution in [0.15, 0.2) is 76.4 Å². The Morgan fingerprint density at radius 2 is 1.69 bits per heavy atom. The van der Waals surface area contributed by atoms with Crippen LogP contribution in [0.1, 0.15) is 0 Å². The molecule has 36 heavy (non-hydrogen) atoms. The zero-order valence-electron chi connectivity index (χ0n) is 19.6. The number of sulfonamides is 1. The quantitative estimate of drug-likeness (QED) is 0.365. The van der Waals surface area contributed by atoms with Crippen LogP contribution in [0.25, 0.3) is 22.2 Å². The third-order valence-electron chi connectivity index (χ3n) is 5.96. The average Bonchev–Trinajstić information content (AvgIpc) is 3.36. The third kappa shape index (κ3) is 5.53. The highest BCUT2D eigenvalue weighted by Gasteiger charge is 2.25. The van der Waals surface area contributed by atoms with Crippen molar-refractivity contribution in [3.63, 3.8) is 0 Å². The fraction of sp³-hybridized carbons (Fsp3) is 0.240. The Bertz CT molecular complexity index is 1500. The van der Waals surface area contributed by atoms with Crippen molar-refractivity contribution in [1.82, 2.24) is 14.5 Å². The predicted octanol–water partition coefficient (Wildman–Crippen LogP) is 3.70. The average molecular weight is 524 g/mol. The second-order valence-corrected chi connectivity index (χ2v) is 11.3. The fourth-order valence-electron chi connectivity index (χ4n) is 4.14. The van der Waals surface area contributed by atoms with E-state index < -0.39 is 10.0 Å². The number of thioether (sulfide) groups is 1. The SMILES string of the molecule is CS(=O)(=O)N1CCN(c2ccccc2NC(=O)CSc2nnc(-c3ccc4ccccc4c3)o2)CC1. The first-order valence-corrected chi connectivity index (χ1v) is 14.2. The minimum absolute atomic E-state index is 0.107. The molecule has 5 rings (SSSR count). The van der Waals surface area contributed by atoms with Gasteiger partial charge in [0.2, 0.25) is 21.8 Å². The van der Waals surface area contributed by atoms with E-state index in [0.29, 0.717) is 43.0 Å². The lowest BCUT2D eigenvalue weighted by molar-refractivity contribution is -0.113. The second-order valence-electron chi connectivity index (χ2n) is 8.44. The Morgan fingerprint density at radius 3 is 2.47 bits per heavy atom. The van der Waals surface area contributed by atoms with E-state index in [2.05, 4.69) is 20.4 Å². The number of piperazine rings is 1. The standard InChI is InChI=1S/C25H25N5O4S2/c1-36(32,33)30-14-12-29(13-15-30)22-9-5-4-8-21(22)26-23(31)17-35-25-28-27-24(34-25)20-11-10-18-6-2-3-7-19(18)16-20/h2-11,16H,12-15,17H2,1H3,(H,26,31). The summed E-state index contributed by atoms with van der Waals surface area (Å²) in [4.78, 5) is 14.8. The number of fused-ring (bicyclic) bond motifs is 1. The van der Waals surface area contributed by atoms with Crippen LogP contribution in [-0.4, -0.2) is 67.0 Å². The summed E-state index contributed by atoms with van der Waals surface area (Å²) in [6, 6.07) is 21.5. The first-order chi connectivity index (χ1) is 17.4. The molecule has 0 bridgehead atoms. The van der Waals surface area contributed by atoms with E-state index in [1.165, 1.54) is 22.3 Å². The lowest BCUT2D eigenvalue weighted by atomic mass is 10.1. The molecule has 0 unspecified atom stereocenters. The van der Waals surface area contributed by atoms with E-state index >= 15 is 0 Å². The zero-order chi connectivity index (χ0) is 25.1. The molecule has 0 spiro atoms. The van der Waals surface area contributed by atoms with Gasteiger partial charge in [-0.1, -0.05) is 54.2 Å². The van der Waals surface area contributed by atoms with Gasteiger partial charge in [-0.25, -0.2) is 8.42 Å². The van der Waals surface area contributed by atoms with Crippen molar-refractivity contribution < 1.29 is 17.6 Å². The number of carbonyl (C=O) groups is 1. The largest absolute Gasteiger partial charge is 0.411 e. The van der Waals surface area contributed by atoms with Crippen molar-refractivity contribution >= 4 is 49.8 Å². The maximum Gasteiger partial charge on any atom is 0.277 e. The lowest BCUT2D eigenvalue weighted by Crippen LogP contribution is -2.48. The van der Waals surface area contributed by atoms with E-state index in [4.69, 9.17) is 4.42 Å². The molecule has 0 radical (unpaired) electrons. The molecular formula is C25H25N5O4S2. The highest BCUT2D eigenvalue weighted by Crippen LogP contribution is 2.29. The third-order valence-corrected chi connectivity index (χ3v) is 8.08. The van der Waals surface area contributed by atoms with Gasteiger partial charge in [0.15, 0.2) is 0 Å². The van der Waals surface area contributed by atoms with Gasteiger partial charge in [-0.2, -0.15) is 4.31 Å². The van der Waals surface area contributed by atoms with Crippen molar-refractivity contribution in [2.45, 2.75) is 5.22 Å². The first-order valence-electron chi connectivity index (χ1n) is 11.4. The number of aromatic nitrogens is 2. The van der Waals surface area contributed by atoms with Crippen molar-refractivity contribution in [2.24, 2.45) is 0 Å². The van der Waals surface area contributed by atoms with Crippen LogP contribution >= 0.6 is 11.8 Å². The van der Waals surface area contributed by atoms with Gasteiger partial charge in [-0.15, -0.1) is 10.2 Å². The van der Waals surface area contributed by atoms with Gasteiger partial charge in [0.25, 0.3) is 5.22 Å². The van der Waals surface area contributed by atoms with Crippen molar-refractivity contribution in [1.29, 1.82) is 0 Å². The van der Waals surface area contributed by atoms with E-state index in [1.807, 2.05) is 66.7 Å². The molecule has 1 fully saturated rings. The molecule has 1 aliphatic heterocycles. The second kappa shape index (κ2) is 10.3. The minimum Gasteiger partial charge on any atom is -0.411 e. The van der Waals surface area contributed by atoms with Gasteiger partial charge in [-0.05, 0) is 35.0 Å². The monoisotopic (exact) mass is 523 g/mol. The summed E-state index contributed by atoms with van der Waals surface area (Å²) in [5.74, 6) is 0.310. The van der Waals surface area contributed by atoms with Crippen molar-refractivity contribution in [3.8, 4) is 11.5 Å². The smallest absolute Gasteiger partial charge is 0.277 e. The van der Waals surface area contributed by atoms with Crippen LogP contribution in [0.2, 0.25) is 0 Å². The number of nitrogens with one attached hydrogen (secondary N) is 1. The number of amides is 1. The summed E-state index contributed by atoms with van der Waals surface area (Å²) in [6.07, 6.45) is 1.22. The molecule has 2 heterocycles. The van der Waals surface area contributed by atoms with Gasteiger partial charge < -0.3 is 14.6 Å². The summed E-state index contributed by atoms with van der Waals surface area (Å²) in [5.41, 5.74) is 2.36. The number of rotatable bonds is 7. The Kier molecular flexibility index (Phi) is 6.95. The van der Waals surface area contributed by atoms with Crippen LogP contribution < -0.4 is 10.2 Å². The summed E-state index contributed by atoms with van der Waals surface area (Å²) in [5, 5.41) is 13.7. The van der Waals surface area contributed by atoms with Crippen LogP contribution in [0.3, 0.4) is 0 Å². The topological polar surface area (TPSA) is 109 Å². The number of nitrogens with zero attached hydrogens (tertiary/aromatic N) is 4. The lowest BCUT2D eigenvalue weighted by Gasteiger charge is -2.35. The molecule has 0 aliphatic carbocycles. The summed E-state index contributed by atoms with van der Waals surface area (Å²) < 4.78 is 30.8. The molecule has 11 heteroatoms. The zero-order valence-corrected chi connectivity index (χ0v) is 21.3. The number of carbonyl (C=O) groups excluding carboxylic acids is 1. The minimum atomic E-state index is -3.21. The molecule has 1 saturated heterocycles. The maximum atomic E-state index is 12.7. The highest BCUT2D eigenvalue weighted by molar-refractivity contribution is 7.99. The summed E-state index contributed by atoms with van der Waals surface area (Å²) in [7, 11) is -3.21. The molecule has 0 atom stereocenters. The van der Waals surface area contributed by atoms with Gasteiger partial charge in [0.1, 0.15) is 0 Å². The van der Waals surface area contributed by atoms with Gasteiger partial charge in [0, 0.05) is 31.7 Å². The summed E-state index contributed by atoms with van der Waals surface area (Å²) >= 11 is 1.17. The van der Waals surface area contributed by atoms with Crippen LogP contribution in [0.5, 0.6) is 0 Å². The van der Waals surface area contributed by atoms with Gasteiger partial charge in [0.05, 0.1) is 23.4 Å². The van der Waals surface area contributed by atoms with E-state index in [-0.39, 0.29) is 11.7 Å². The van der Waals surface area contributed by atoms with E-state index in [9.17, 15) is 13.2 Å². The van der Waals surface area contributed by atoms with E-state index in [0.717, 1.165) is 22.0 Å². The number of hydrogen-bond acceptors (Lipinski definition) is 8. The van der Waals surface area contributed by atoms with Crippen LogP contribution in [0.4, 0.5) is 11.4 Å². The molecule has 186 valence electrons. The maximum absolute atomic E-state index is 12.7.